The summed E-state index contributed by atoms with van der Waals surface area (Å²) in [5, 5.41) is 13.3. The smallest absolute Gasteiger partial charge is 0.276 e. The van der Waals surface area contributed by atoms with Crippen molar-refractivity contribution in [2.45, 2.75) is 13.3 Å². The average Bonchev–Trinajstić information content (AvgIpc) is 3.01. The van der Waals surface area contributed by atoms with Gasteiger partial charge in [0.2, 0.25) is 0 Å². The Morgan fingerprint density at radius 3 is 2.54 bits per heavy atom. The number of hydrogen-bond acceptors (Lipinski definition) is 5. The molecule has 130 valence electrons. The molecule has 0 bridgehead atoms. The van der Waals surface area contributed by atoms with E-state index in [0.717, 1.165) is 6.07 Å². The van der Waals surface area contributed by atoms with Crippen LogP contribution in [0.4, 0.5) is 13.9 Å². The second kappa shape index (κ2) is 7.37. The molecule has 0 atom stereocenters. The largest absolute Gasteiger partial charge is 0.296 e. The van der Waals surface area contributed by atoms with Crippen molar-refractivity contribution in [3.05, 3.63) is 64.4 Å². The summed E-state index contributed by atoms with van der Waals surface area (Å²) in [7, 11) is 0. The number of aromatic nitrogens is 2. The monoisotopic (exact) mass is 370 g/mol. The summed E-state index contributed by atoms with van der Waals surface area (Å²) in [6.07, 6.45) is 0.157. The highest BCUT2D eigenvalue weighted by atomic mass is 32.1. The Morgan fingerprint density at radius 2 is 1.85 bits per heavy atom. The first-order valence-electron chi connectivity index (χ1n) is 7.52. The van der Waals surface area contributed by atoms with Crippen LogP contribution in [0.1, 0.15) is 21.9 Å². The molecule has 0 aliphatic heterocycles. The number of nitrogens with one attached hydrogen (secondary N) is 1. The number of amides is 1. The number of carbonyl (C=O) groups is 1. The highest BCUT2D eigenvalue weighted by Gasteiger charge is 2.14. The topological polar surface area (TPSA) is 78.7 Å². The van der Waals surface area contributed by atoms with Gasteiger partial charge in [-0.15, -0.1) is 11.3 Å². The van der Waals surface area contributed by atoms with E-state index in [-0.39, 0.29) is 12.1 Å². The van der Waals surface area contributed by atoms with Crippen LogP contribution in [0.25, 0.3) is 11.1 Å². The number of carbonyl (C=O) groups excluding carboxylic acids is 1. The van der Waals surface area contributed by atoms with Gasteiger partial charge in [0, 0.05) is 17.1 Å². The SMILES string of the molecule is Cc1cc(-c2cc(F)cc(F)c2)cc(C(=O)Nc2nc(CC#N)cs2)n1. The van der Waals surface area contributed by atoms with Gasteiger partial charge in [-0.1, -0.05) is 0 Å². The fourth-order valence-corrected chi connectivity index (χ4v) is 3.07. The lowest BCUT2D eigenvalue weighted by atomic mass is 10.0. The van der Waals surface area contributed by atoms with Gasteiger partial charge in [-0.25, -0.2) is 18.7 Å². The second-order valence-corrected chi connectivity index (χ2v) is 6.33. The van der Waals surface area contributed by atoms with Crippen LogP contribution >= 0.6 is 11.3 Å². The van der Waals surface area contributed by atoms with Gasteiger partial charge in [0.05, 0.1) is 18.2 Å². The van der Waals surface area contributed by atoms with Crippen molar-refractivity contribution in [1.82, 2.24) is 9.97 Å². The van der Waals surface area contributed by atoms with Crippen LogP contribution in [0.5, 0.6) is 0 Å². The number of thiazole rings is 1. The minimum absolute atomic E-state index is 0.0988. The molecular formula is C18H12F2N4OS. The van der Waals surface area contributed by atoms with Crippen LogP contribution in [0.3, 0.4) is 0 Å². The Hall–Kier alpha value is -3.18. The van der Waals surface area contributed by atoms with Crippen LogP contribution in [-0.2, 0) is 6.42 Å². The number of aryl methyl sites for hydroxylation is 1. The van der Waals surface area contributed by atoms with Crippen molar-refractivity contribution in [3.8, 4) is 17.2 Å². The quantitative estimate of drug-likeness (QED) is 0.750. The molecule has 0 unspecified atom stereocenters. The fourth-order valence-electron chi connectivity index (χ4n) is 2.36. The molecule has 0 saturated carbocycles. The lowest BCUT2D eigenvalue weighted by Crippen LogP contribution is -2.14. The number of pyridine rings is 1. The summed E-state index contributed by atoms with van der Waals surface area (Å²) in [5.41, 5.74) is 1.99. The number of nitrogens with zero attached hydrogens (tertiary/aromatic N) is 3. The molecule has 0 aliphatic rings. The maximum Gasteiger partial charge on any atom is 0.276 e. The zero-order valence-corrected chi connectivity index (χ0v) is 14.4. The summed E-state index contributed by atoms with van der Waals surface area (Å²) in [6, 6.07) is 8.24. The van der Waals surface area contributed by atoms with Crippen LogP contribution in [0.2, 0.25) is 0 Å². The van der Waals surface area contributed by atoms with E-state index in [2.05, 4.69) is 15.3 Å². The number of hydrogen-bond donors (Lipinski definition) is 1. The van der Waals surface area contributed by atoms with Gasteiger partial charge in [-0.3, -0.25) is 10.1 Å². The normalized spacial score (nSPS) is 10.4. The Kier molecular flexibility index (Phi) is 5.00. The minimum Gasteiger partial charge on any atom is -0.296 e. The van der Waals surface area contributed by atoms with Gasteiger partial charge < -0.3 is 0 Å². The number of nitriles is 1. The first-order valence-corrected chi connectivity index (χ1v) is 8.40. The Balaban J connectivity index is 1.89. The molecule has 8 heteroatoms. The van der Waals surface area contributed by atoms with Crippen LogP contribution in [-0.4, -0.2) is 15.9 Å². The van der Waals surface area contributed by atoms with Crippen molar-refractivity contribution >= 4 is 22.4 Å². The Bertz CT molecular complexity index is 1010. The lowest BCUT2D eigenvalue weighted by molar-refractivity contribution is 0.102. The van der Waals surface area contributed by atoms with E-state index >= 15 is 0 Å². The molecule has 1 aromatic carbocycles. The van der Waals surface area contributed by atoms with E-state index in [1.165, 1.54) is 29.5 Å². The molecular weight excluding hydrogens is 358 g/mol. The molecule has 1 N–H and O–H groups in total. The van der Waals surface area contributed by atoms with E-state index in [1.807, 2.05) is 6.07 Å². The third kappa shape index (κ3) is 4.07. The number of benzene rings is 1. The first-order chi connectivity index (χ1) is 12.4. The predicted molar refractivity (Wildman–Crippen MR) is 93.7 cm³/mol. The van der Waals surface area contributed by atoms with Crippen molar-refractivity contribution < 1.29 is 13.6 Å². The standard InChI is InChI=1S/C18H12F2N4OS/c1-10-4-11(12-5-13(19)8-14(20)6-12)7-16(22-10)17(25)24-18-23-15(2-3-21)9-26-18/h4-9H,2H2,1H3,(H,23,24,25). The van der Waals surface area contributed by atoms with Gasteiger partial charge in [-0.2, -0.15) is 5.26 Å². The molecule has 3 aromatic rings. The highest BCUT2D eigenvalue weighted by molar-refractivity contribution is 7.14. The third-order valence-corrected chi connectivity index (χ3v) is 4.22. The van der Waals surface area contributed by atoms with Gasteiger partial charge in [0.15, 0.2) is 5.13 Å². The maximum atomic E-state index is 13.5. The van der Waals surface area contributed by atoms with Crippen molar-refractivity contribution in [1.29, 1.82) is 5.26 Å². The van der Waals surface area contributed by atoms with E-state index in [0.29, 0.717) is 27.6 Å². The van der Waals surface area contributed by atoms with Gasteiger partial charge >= 0.3 is 0 Å². The van der Waals surface area contributed by atoms with Crippen molar-refractivity contribution in [3.63, 3.8) is 0 Å². The second-order valence-electron chi connectivity index (χ2n) is 5.47. The predicted octanol–water partition coefficient (Wildman–Crippen LogP) is 4.11. The summed E-state index contributed by atoms with van der Waals surface area (Å²) < 4.78 is 26.9. The molecule has 5 nitrogen and oxygen atoms in total. The molecule has 2 aromatic heterocycles. The van der Waals surface area contributed by atoms with Gasteiger partial charge in [0.1, 0.15) is 17.3 Å². The molecule has 0 aliphatic carbocycles. The average molecular weight is 370 g/mol. The molecule has 0 fully saturated rings. The van der Waals surface area contributed by atoms with Crippen molar-refractivity contribution in [2.24, 2.45) is 0 Å². The van der Waals surface area contributed by atoms with E-state index in [1.54, 1.807) is 18.4 Å². The number of halogens is 2. The lowest BCUT2D eigenvalue weighted by Gasteiger charge is -2.07. The van der Waals surface area contributed by atoms with E-state index in [4.69, 9.17) is 5.26 Å². The minimum atomic E-state index is -0.701. The molecule has 0 saturated heterocycles. The van der Waals surface area contributed by atoms with Gasteiger partial charge in [0.25, 0.3) is 5.91 Å². The zero-order chi connectivity index (χ0) is 18.7. The molecule has 26 heavy (non-hydrogen) atoms. The molecule has 0 radical (unpaired) electrons. The van der Waals surface area contributed by atoms with E-state index in [9.17, 15) is 13.6 Å². The number of rotatable bonds is 4. The molecule has 3 rings (SSSR count). The summed E-state index contributed by atoms with van der Waals surface area (Å²) >= 11 is 1.20. The van der Waals surface area contributed by atoms with E-state index < -0.39 is 17.5 Å². The third-order valence-electron chi connectivity index (χ3n) is 3.41. The van der Waals surface area contributed by atoms with Gasteiger partial charge in [-0.05, 0) is 42.3 Å². The summed E-state index contributed by atoms with van der Waals surface area (Å²) in [5.74, 6) is -1.90. The Morgan fingerprint density at radius 1 is 1.15 bits per heavy atom. The highest BCUT2D eigenvalue weighted by Crippen LogP contribution is 2.24. The Labute approximate surface area is 152 Å². The zero-order valence-electron chi connectivity index (χ0n) is 13.6. The molecule has 2 heterocycles. The molecule has 0 spiro atoms. The first kappa shape index (κ1) is 17.6. The van der Waals surface area contributed by atoms with Crippen LogP contribution < -0.4 is 5.32 Å². The fraction of sp³-hybridized carbons (Fsp3) is 0.111. The maximum absolute atomic E-state index is 13.5. The summed E-state index contributed by atoms with van der Waals surface area (Å²) in [6.45, 7) is 1.68. The summed E-state index contributed by atoms with van der Waals surface area (Å²) in [4.78, 5) is 20.7. The van der Waals surface area contributed by atoms with Crippen LogP contribution in [0, 0.1) is 29.9 Å². The number of anilines is 1. The van der Waals surface area contributed by atoms with Crippen LogP contribution in [0.15, 0.2) is 35.7 Å². The van der Waals surface area contributed by atoms with Crippen molar-refractivity contribution in [2.75, 3.05) is 5.32 Å². The molecule has 1 amide bonds.